The van der Waals surface area contributed by atoms with Crippen molar-refractivity contribution in [2.45, 2.75) is 13.3 Å². The number of fused-ring (bicyclic) bond motifs is 1. The van der Waals surface area contributed by atoms with Crippen molar-refractivity contribution in [3.05, 3.63) is 40.5 Å². The SMILES string of the molecule is CC(=O)N1CCC(=O)N2C(=O)/C(=C/c3ccccc3Cl)N=C12. The van der Waals surface area contributed by atoms with Crippen molar-refractivity contribution in [3.63, 3.8) is 0 Å². The van der Waals surface area contributed by atoms with Crippen molar-refractivity contribution in [2.24, 2.45) is 4.99 Å². The summed E-state index contributed by atoms with van der Waals surface area (Å²) in [5.41, 5.74) is 0.711. The highest BCUT2D eigenvalue weighted by Crippen LogP contribution is 2.26. The van der Waals surface area contributed by atoms with E-state index in [1.165, 1.54) is 17.9 Å². The van der Waals surface area contributed by atoms with Crippen LogP contribution in [0.3, 0.4) is 0 Å². The number of carbonyl (C=O) groups is 3. The lowest BCUT2D eigenvalue weighted by Crippen LogP contribution is -2.54. The monoisotopic (exact) mass is 317 g/mol. The maximum absolute atomic E-state index is 12.4. The lowest BCUT2D eigenvalue weighted by atomic mass is 10.2. The van der Waals surface area contributed by atoms with Crippen LogP contribution in [0.5, 0.6) is 0 Å². The zero-order chi connectivity index (χ0) is 15.9. The molecule has 2 aliphatic heterocycles. The molecule has 22 heavy (non-hydrogen) atoms. The van der Waals surface area contributed by atoms with Gasteiger partial charge in [0, 0.05) is 24.9 Å². The molecule has 0 unspecified atom stereocenters. The molecule has 2 heterocycles. The highest BCUT2D eigenvalue weighted by molar-refractivity contribution is 6.32. The van der Waals surface area contributed by atoms with Gasteiger partial charge in [-0.05, 0) is 17.7 Å². The topological polar surface area (TPSA) is 70.1 Å². The number of imide groups is 1. The molecule has 0 aliphatic carbocycles. The number of rotatable bonds is 1. The predicted octanol–water partition coefficient (Wildman–Crippen LogP) is 1.66. The maximum atomic E-state index is 12.4. The second kappa shape index (κ2) is 5.38. The summed E-state index contributed by atoms with van der Waals surface area (Å²) >= 11 is 6.06. The molecule has 0 saturated carbocycles. The van der Waals surface area contributed by atoms with Gasteiger partial charge in [-0.2, -0.15) is 0 Å². The van der Waals surface area contributed by atoms with Crippen LogP contribution in [-0.2, 0) is 14.4 Å². The predicted molar refractivity (Wildman–Crippen MR) is 80.7 cm³/mol. The average Bonchev–Trinajstić information content (AvgIpc) is 2.79. The van der Waals surface area contributed by atoms with Crippen LogP contribution < -0.4 is 0 Å². The molecule has 0 atom stereocenters. The summed E-state index contributed by atoms with van der Waals surface area (Å²) in [6.07, 6.45) is 1.62. The van der Waals surface area contributed by atoms with Crippen LogP contribution >= 0.6 is 11.6 Å². The van der Waals surface area contributed by atoms with Gasteiger partial charge >= 0.3 is 0 Å². The fourth-order valence-corrected chi connectivity index (χ4v) is 2.56. The van der Waals surface area contributed by atoms with Crippen LogP contribution in [0, 0.1) is 0 Å². The molecule has 3 amide bonds. The lowest BCUT2D eigenvalue weighted by Gasteiger charge is -2.30. The molecule has 112 valence electrons. The minimum Gasteiger partial charge on any atom is -0.281 e. The normalized spacial score (nSPS) is 19.5. The van der Waals surface area contributed by atoms with E-state index in [1.54, 1.807) is 24.3 Å². The highest BCUT2D eigenvalue weighted by atomic mass is 35.5. The summed E-state index contributed by atoms with van der Waals surface area (Å²) in [5, 5.41) is 0.475. The molecule has 0 N–H and O–H groups in total. The Morgan fingerprint density at radius 3 is 2.73 bits per heavy atom. The summed E-state index contributed by atoms with van der Waals surface area (Å²) in [7, 11) is 0. The van der Waals surface area contributed by atoms with E-state index in [9.17, 15) is 14.4 Å². The second-order valence-corrected chi connectivity index (χ2v) is 5.33. The van der Waals surface area contributed by atoms with Crippen LogP contribution in [0.4, 0.5) is 0 Å². The van der Waals surface area contributed by atoms with Crippen LogP contribution in [0.2, 0.25) is 5.02 Å². The van der Waals surface area contributed by atoms with E-state index >= 15 is 0 Å². The smallest absolute Gasteiger partial charge is 0.281 e. The second-order valence-electron chi connectivity index (χ2n) is 4.92. The third-order valence-corrected chi connectivity index (χ3v) is 3.80. The van der Waals surface area contributed by atoms with Crippen LogP contribution in [0.1, 0.15) is 18.9 Å². The Morgan fingerprint density at radius 1 is 1.32 bits per heavy atom. The first-order valence-corrected chi connectivity index (χ1v) is 7.07. The van der Waals surface area contributed by atoms with E-state index in [4.69, 9.17) is 11.6 Å². The molecule has 1 aromatic rings. The minimum atomic E-state index is -0.536. The number of aliphatic imine (C=N–C) groups is 1. The molecule has 1 aromatic carbocycles. The van der Waals surface area contributed by atoms with Crippen molar-refractivity contribution < 1.29 is 14.4 Å². The molecular weight excluding hydrogens is 306 g/mol. The fourth-order valence-electron chi connectivity index (χ4n) is 2.37. The van der Waals surface area contributed by atoms with Crippen LogP contribution in [0.25, 0.3) is 6.08 Å². The number of halogens is 1. The largest absolute Gasteiger partial charge is 0.286 e. The van der Waals surface area contributed by atoms with Gasteiger partial charge in [-0.1, -0.05) is 29.8 Å². The highest BCUT2D eigenvalue weighted by Gasteiger charge is 2.42. The Bertz CT molecular complexity index is 754. The first-order chi connectivity index (χ1) is 10.5. The van der Waals surface area contributed by atoms with Gasteiger partial charge < -0.3 is 0 Å². The van der Waals surface area contributed by atoms with E-state index < -0.39 is 5.91 Å². The number of nitrogens with zero attached hydrogens (tertiary/aromatic N) is 3. The first kappa shape index (κ1) is 14.5. The Labute approximate surface area is 131 Å². The van der Waals surface area contributed by atoms with Crippen LogP contribution in [-0.4, -0.2) is 40.0 Å². The van der Waals surface area contributed by atoms with Gasteiger partial charge in [-0.3, -0.25) is 19.3 Å². The Morgan fingerprint density at radius 2 is 2.05 bits per heavy atom. The average molecular weight is 318 g/mol. The maximum Gasteiger partial charge on any atom is 0.286 e. The Balaban J connectivity index is 2.05. The van der Waals surface area contributed by atoms with E-state index in [-0.39, 0.29) is 36.4 Å². The molecule has 7 heteroatoms. The fraction of sp³-hybridized carbons (Fsp3) is 0.200. The summed E-state index contributed by atoms with van der Waals surface area (Å²) in [5.74, 6) is -1.08. The Kier molecular flexibility index (Phi) is 3.54. The number of guanidine groups is 1. The molecule has 0 bridgehead atoms. The number of benzene rings is 1. The van der Waals surface area contributed by atoms with Gasteiger partial charge in [0.05, 0.1) is 0 Å². The molecular formula is C15H12ClN3O3. The van der Waals surface area contributed by atoms with E-state index in [0.29, 0.717) is 10.6 Å². The van der Waals surface area contributed by atoms with Crippen molar-refractivity contribution in [1.29, 1.82) is 0 Å². The van der Waals surface area contributed by atoms with E-state index in [1.807, 2.05) is 0 Å². The minimum absolute atomic E-state index is 0.0760. The molecule has 6 nitrogen and oxygen atoms in total. The van der Waals surface area contributed by atoms with E-state index in [0.717, 1.165) is 4.90 Å². The summed E-state index contributed by atoms with van der Waals surface area (Å²) in [6.45, 7) is 1.60. The molecule has 0 aromatic heterocycles. The lowest BCUT2D eigenvalue weighted by molar-refractivity contribution is -0.140. The van der Waals surface area contributed by atoms with Crippen molar-refractivity contribution >= 4 is 41.4 Å². The molecule has 1 fully saturated rings. The van der Waals surface area contributed by atoms with Crippen molar-refractivity contribution in [2.75, 3.05) is 6.54 Å². The number of hydrogen-bond acceptors (Lipinski definition) is 4. The Hall–Kier alpha value is -2.47. The molecule has 0 radical (unpaired) electrons. The van der Waals surface area contributed by atoms with Crippen LogP contribution in [0.15, 0.2) is 35.0 Å². The van der Waals surface area contributed by atoms with Gasteiger partial charge in [0.25, 0.3) is 5.91 Å². The van der Waals surface area contributed by atoms with Crippen molar-refractivity contribution in [3.8, 4) is 0 Å². The first-order valence-electron chi connectivity index (χ1n) is 6.69. The zero-order valence-electron chi connectivity index (χ0n) is 11.7. The summed E-state index contributed by atoms with van der Waals surface area (Å²) in [4.78, 5) is 42.4. The van der Waals surface area contributed by atoms with Gasteiger partial charge in [-0.25, -0.2) is 9.89 Å². The summed E-state index contributed by atoms with van der Waals surface area (Å²) in [6, 6.07) is 6.99. The quantitative estimate of drug-likeness (QED) is 0.584. The molecule has 1 saturated heterocycles. The number of amides is 3. The standard InChI is InChI=1S/C15H12ClN3O3/c1-9(20)18-7-6-13(21)19-14(22)12(17-15(18)19)8-10-4-2-3-5-11(10)16/h2-5,8H,6-7H2,1H3/b12-8-. The zero-order valence-corrected chi connectivity index (χ0v) is 12.5. The van der Waals surface area contributed by atoms with Gasteiger partial charge in [-0.15, -0.1) is 0 Å². The molecule has 3 rings (SSSR count). The van der Waals surface area contributed by atoms with Crippen molar-refractivity contribution in [1.82, 2.24) is 9.80 Å². The third-order valence-electron chi connectivity index (χ3n) is 3.46. The summed E-state index contributed by atoms with van der Waals surface area (Å²) < 4.78 is 0. The molecule has 2 aliphatic rings. The van der Waals surface area contributed by atoms with Gasteiger partial charge in [0.2, 0.25) is 17.8 Å². The third kappa shape index (κ3) is 2.31. The number of hydrogen-bond donors (Lipinski definition) is 0. The van der Waals surface area contributed by atoms with Gasteiger partial charge in [0.1, 0.15) is 5.70 Å². The van der Waals surface area contributed by atoms with Gasteiger partial charge in [0.15, 0.2) is 0 Å². The molecule has 0 spiro atoms. The number of carbonyl (C=O) groups excluding carboxylic acids is 3. The van der Waals surface area contributed by atoms with E-state index in [2.05, 4.69) is 4.99 Å².